The number of halogens is 1. The van der Waals surface area contributed by atoms with E-state index in [9.17, 15) is 27.6 Å². The lowest BCUT2D eigenvalue weighted by Crippen LogP contribution is -2.32. The Balaban J connectivity index is 1.42. The molecule has 4 N–H and O–H groups in total. The first-order valence-corrected chi connectivity index (χ1v) is 13.8. The van der Waals surface area contributed by atoms with E-state index in [4.69, 9.17) is 21.5 Å². The summed E-state index contributed by atoms with van der Waals surface area (Å²) in [5.74, 6) is -2.41. The zero-order valence-electron chi connectivity index (χ0n) is 21.0. The van der Waals surface area contributed by atoms with Gasteiger partial charge in [0.15, 0.2) is 0 Å². The van der Waals surface area contributed by atoms with Crippen LogP contribution in [0.4, 0.5) is 17.1 Å². The summed E-state index contributed by atoms with van der Waals surface area (Å²) < 4.78 is 27.8. The first kappa shape index (κ1) is 28.5. The second kappa shape index (κ2) is 11.7. The number of ether oxygens (including phenoxy) is 1. The van der Waals surface area contributed by atoms with Crippen LogP contribution in [-0.4, -0.2) is 38.7 Å². The number of imide groups is 1. The number of esters is 1. The molecule has 0 saturated heterocycles. The fourth-order valence-electron chi connectivity index (χ4n) is 3.65. The third kappa shape index (κ3) is 6.20. The van der Waals surface area contributed by atoms with Gasteiger partial charge in [0.05, 0.1) is 22.8 Å². The Kier molecular flexibility index (Phi) is 8.33. The number of benzene rings is 3. The first-order chi connectivity index (χ1) is 19.0. The number of sulfonamides is 1. The van der Waals surface area contributed by atoms with E-state index in [-0.39, 0.29) is 39.0 Å². The number of rotatable bonds is 9. The van der Waals surface area contributed by atoms with Crippen LogP contribution in [0.1, 0.15) is 34.1 Å². The van der Waals surface area contributed by atoms with Crippen molar-refractivity contribution in [2.75, 3.05) is 22.1 Å². The Labute approximate surface area is 234 Å². The van der Waals surface area contributed by atoms with Gasteiger partial charge in [-0.15, -0.1) is 0 Å². The van der Waals surface area contributed by atoms with Crippen molar-refractivity contribution in [2.45, 2.75) is 18.2 Å². The molecule has 4 rings (SSSR count). The molecule has 0 bridgehead atoms. The smallest absolute Gasteiger partial charge is 0.338 e. The Hall–Kier alpha value is -4.52. The SMILES string of the molecule is CCCOC(=O)c1ccc(N2C(=O)C(Cl)=C(Nc3ccc(C(=O)Nc4ccc(S(N)(=O)=O)cc4)cc3)C2=O)cc1. The molecule has 1 aliphatic rings. The molecule has 0 aromatic heterocycles. The average Bonchev–Trinajstić information content (AvgIpc) is 3.14. The van der Waals surface area contributed by atoms with Gasteiger partial charge in [-0.25, -0.2) is 23.3 Å². The summed E-state index contributed by atoms with van der Waals surface area (Å²) in [6.07, 6.45) is 0.677. The lowest BCUT2D eigenvalue weighted by Gasteiger charge is -2.15. The van der Waals surface area contributed by atoms with E-state index in [1.165, 1.54) is 72.8 Å². The van der Waals surface area contributed by atoms with Gasteiger partial charge in [0, 0.05) is 16.9 Å². The molecule has 0 spiro atoms. The number of nitrogens with one attached hydrogen (secondary N) is 2. The summed E-state index contributed by atoms with van der Waals surface area (Å²) in [5, 5.41) is 10.2. The van der Waals surface area contributed by atoms with Crippen LogP contribution in [0.3, 0.4) is 0 Å². The van der Waals surface area contributed by atoms with Gasteiger partial charge >= 0.3 is 5.97 Å². The van der Waals surface area contributed by atoms with Crippen LogP contribution in [0.15, 0.2) is 88.4 Å². The molecule has 3 aromatic rings. The fourth-order valence-corrected chi connectivity index (χ4v) is 4.38. The predicted octanol–water partition coefficient (Wildman–Crippen LogP) is 3.59. The van der Waals surface area contributed by atoms with Gasteiger partial charge in [0.2, 0.25) is 10.0 Å². The Morgan fingerprint density at radius 2 is 1.45 bits per heavy atom. The number of nitrogens with two attached hydrogens (primary N) is 1. The maximum atomic E-state index is 13.1. The predicted molar refractivity (Wildman–Crippen MR) is 148 cm³/mol. The highest BCUT2D eigenvalue weighted by Crippen LogP contribution is 2.30. The highest BCUT2D eigenvalue weighted by molar-refractivity contribution is 7.89. The van der Waals surface area contributed by atoms with Crippen LogP contribution < -0.4 is 20.7 Å². The Bertz CT molecular complexity index is 1620. The molecule has 0 fully saturated rings. The maximum absolute atomic E-state index is 13.1. The normalized spacial score (nSPS) is 13.4. The van der Waals surface area contributed by atoms with Crippen molar-refractivity contribution in [3.8, 4) is 0 Å². The zero-order valence-corrected chi connectivity index (χ0v) is 22.6. The highest BCUT2D eigenvalue weighted by Gasteiger charge is 2.39. The molecular formula is C27H23ClN4O7S. The summed E-state index contributed by atoms with van der Waals surface area (Å²) in [5.41, 5.74) is 1.37. The van der Waals surface area contributed by atoms with Gasteiger partial charge in [-0.05, 0) is 79.2 Å². The molecule has 3 aromatic carbocycles. The molecule has 0 atom stereocenters. The van der Waals surface area contributed by atoms with Crippen molar-refractivity contribution in [3.05, 3.63) is 94.7 Å². The molecule has 0 aliphatic carbocycles. The Morgan fingerprint density at radius 1 is 0.875 bits per heavy atom. The number of carbonyl (C=O) groups is 4. The number of anilines is 3. The number of primary sulfonamides is 1. The zero-order chi connectivity index (χ0) is 29.0. The quantitative estimate of drug-likeness (QED) is 0.254. The van der Waals surface area contributed by atoms with E-state index in [1.54, 1.807) is 0 Å². The minimum Gasteiger partial charge on any atom is -0.462 e. The van der Waals surface area contributed by atoms with Crippen LogP contribution in [0.5, 0.6) is 0 Å². The first-order valence-electron chi connectivity index (χ1n) is 11.9. The Morgan fingerprint density at radius 3 is 2.02 bits per heavy atom. The van der Waals surface area contributed by atoms with Crippen molar-refractivity contribution in [1.29, 1.82) is 0 Å². The van der Waals surface area contributed by atoms with Crippen LogP contribution in [0.2, 0.25) is 0 Å². The lowest BCUT2D eigenvalue weighted by atomic mass is 10.2. The molecule has 3 amide bonds. The lowest BCUT2D eigenvalue weighted by molar-refractivity contribution is -0.120. The van der Waals surface area contributed by atoms with Crippen molar-refractivity contribution in [3.63, 3.8) is 0 Å². The van der Waals surface area contributed by atoms with Crippen molar-refractivity contribution >= 4 is 62.4 Å². The maximum Gasteiger partial charge on any atom is 0.338 e. The molecule has 0 saturated carbocycles. The van der Waals surface area contributed by atoms with Crippen molar-refractivity contribution < 1.29 is 32.3 Å². The van der Waals surface area contributed by atoms with Gasteiger partial charge in [-0.1, -0.05) is 18.5 Å². The number of hydrogen-bond donors (Lipinski definition) is 3. The van der Waals surface area contributed by atoms with E-state index in [0.29, 0.717) is 17.8 Å². The molecule has 1 aliphatic heterocycles. The summed E-state index contributed by atoms with van der Waals surface area (Å²) in [4.78, 5) is 51.2. The molecular weight excluding hydrogens is 560 g/mol. The number of carbonyl (C=O) groups excluding carboxylic acids is 4. The van der Waals surface area contributed by atoms with Gasteiger partial charge in [0.25, 0.3) is 17.7 Å². The summed E-state index contributed by atoms with van der Waals surface area (Å²) in [7, 11) is -3.85. The van der Waals surface area contributed by atoms with Gasteiger partial charge in [-0.2, -0.15) is 0 Å². The molecule has 13 heteroatoms. The van der Waals surface area contributed by atoms with E-state index in [2.05, 4.69) is 10.6 Å². The largest absolute Gasteiger partial charge is 0.462 e. The van der Waals surface area contributed by atoms with E-state index in [1.807, 2.05) is 6.92 Å². The van der Waals surface area contributed by atoms with Crippen LogP contribution in [0.25, 0.3) is 0 Å². The number of nitrogens with zero attached hydrogens (tertiary/aromatic N) is 1. The summed E-state index contributed by atoms with van der Waals surface area (Å²) >= 11 is 6.19. The third-order valence-electron chi connectivity index (χ3n) is 5.68. The van der Waals surface area contributed by atoms with Gasteiger partial charge in [-0.3, -0.25) is 14.4 Å². The minimum atomic E-state index is -3.85. The van der Waals surface area contributed by atoms with Gasteiger partial charge < -0.3 is 15.4 Å². The standard InChI is InChI=1S/C27H23ClN4O7S/c1-2-15-39-27(36)17-5-11-20(12-6-17)32-25(34)22(28)23(26(32)35)30-18-7-3-16(4-8-18)24(33)31-19-9-13-21(14-10-19)40(29,37)38/h3-14,30H,2,15H2,1H3,(H,31,33)(H2,29,37,38). The molecule has 206 valence electrons. The topological polar surface area (TPSA) is 165 Å². The summed E-state index contributed by atoms with van der Waals surface area (Å²) in [6, 6.07) is 17.2. The monoisotopic (exact) mass is 582 g/mol. The van der Waals surface area contributed by atoms with E-state index in [0.717, 1.165) is 4.90 Å². The molecule has 0 unspecified atom stereocenters. The van der Waals surface area contributed by atoms with E-state index < -0.39 is 33.7 Å². The van der Waals surface area contributed by atoms with Gasteiger partial charge in [0.1, 0.15) is 10.7 Å². The molecule has 11 nitrogen and oxygen atoms in total. The number of amides is 3. The van der Waals surface area contributed by atoms with E-state index >= 15 is 0 Å². The van der Waals surface area contributed by atoms with Crippen LogP contribution in [0, 0.1) is 0 Å². The number of hydrogen-bond acceptors (Lipinski definition) is 8. The average molecular weight is 583 g/mol. The minimum absolute atomic E-state index is 0.0866. The second-order valence-corrected chi connectivity index (χ2v) is 10.5. The van der Waals surface area contributed by atoms with Crippen molar-refractivity contribution in [2.24, 2.45) is 5.14 Å². The highest BCUT2D eigenvalue weighted by atomic mass is 35.5. The van der Waals surface area contributed by atoms with Crippen LogP contribution >= 0.6 is 11.6 Å². The molecule has 0 radical (unpaired) electrons. The van der Waals surface area contributed by atoms with Crippen LogP contribution in [-0.2, 0) is 24.3 Å². The van der Waals surface area contributed by atoms with Crippen molar-refractivity contribution in [1.82, 2.24) is 0 Å². The molecule has 40 heavy (non-hydrogen) atoms. The third-order valence-corrected chi connectivity index (χ3v) is 6.96. The fraction of sp³-hybridized carbons (Fsp3) is 0.111. The second-order valence-electron chi connectivity index (χ2n) is 8.54. The molecule has 1 heterocycles. The summed E-state index contributed by atoms with van der Waals surface area (Å²) in [6.45, 7) is 2.15.